The van der Waals surface area contributed by atoms with E-state index < -0.39 is 0 Å². The molecule has 0 aromatic carbocycles. The van der Waals surface area contributed by atoms with Crippen LogP contribution in [-0.4, -0.2) is 50.3 Å². The molecule has 0 aromatic heterocycles. The van der Waals surface area contributed by atoms with Crippen LogP contribution in [0.2, 0.25) is 0 Å². The first-order valence-corrected chi connectivity index (χ1v) is 6.30. The molecule has 1 aliphatic heterocycles. The molecule has 90 valence electrons. The molecule has 0 amide bonds. The maximum atomic E-state index is 5.54. The van der Waals surface area contributed by atoms with Crippen molar-refractivity contribution in [2.24, 2.45) is 5.92 Å². The largest absolute Gasteiger partial charge is 0.378 e. The van der Waals surface area contributed by atoms with E-state index in [9.17, 15) is 0 Å². The molecule has 2 unspecified atom stereocenters. The summed E-state index contributed by atoms with van der Waals surface area (Å²) >= 11 is 0. The normalized spacial score (nSPS) is 26.4. The molecule has 0 radical (unpaired) electrons. The standard InChI is InChI=1S/C12H26N2O/c1-4-14(5-2)7-6-13-9-12-8-11(3)15-10-12/h11-13H,4-10H2,1-3H3. The van der Waals surface area contributed by atoms with Crippen molar-refractivity contribution in [3.63, 3.8) is 0 Å². The van der Waals surface area contributed by atoms with Crippen LogP contribution >= 0.6 is 0 Å². The van der Waals surface area contributed by atoms with Crippen molar-refractivity contribution >= 4 is 0 Å². The Morgan fingerprint density at radius 3 is 2.60 bits per heavy atom. The molecule has 1 aliphatic rings. The number of ether oxygens (including phenoxy) is 1. The van der Waals surface area contributed by atoms with Crippen LogP contribution in [0.25, 0.3) is 0 Å². The molecule has 0 spiro atoms. The summed E-state index contributed by atoms with van der Waals surface area (Å²) in [4.78, 5) is 2.45. The first-order valence-electron chi connectivity index (χ1n) is 6.30. The summed E-state index contributed by atoms with van der Waals surface area (Å²) in [6.07, 6.45) is 1.69. The molecular weight excluding hydrogens is 188 g/mol. The van der Waals surface area contributed by atoms with Crippen molar-refractivity contribution in [1.82, 2.24) is 10.2 Å². The highest BCUT2D eigenvalue weighted by molar-refractivity contribution is 4.72. The Morgan fingerprint density at radius 2 is 2.07 bits per heavy atom. The van der Waals surface area contributed by atoms with Crippen LogP contribution < -0.4 is 5.32 Å². The average Bonchev–Trinajstić information content (AvgIpc) is 2.65. The van der Waals surface area contributed by atoms with E-state index in [1.54, 1.807) is 0 Å². The van der Waals surface area contributed by atoms with Gasteiger partial charge in [0.25, 0.3) is 0 Å². The lowest BCUT2D eigenvalue weighted by Gasteiger charge is -2.18. The third kappa shape index (κ3) is 4.96. The van der Waals surface area contributed by atoms with Crippen molar-refractivity contribution in [2.75, 3.05) is 39.3 Å². The van der Waals surface area contributed by atoms with Gasteiger partial charge in [-0.1, -0.05) is 13.8 Å². The molecule has 15 heavy (non-hydrogen) atoms. The first-order chi connectivity index (χ1) is 7.26. The molecule has 1 fully saturated rings. The minimum absolute atomic E-state index is 0.472. The highest BCUT2D eigenvalue weighted by Gasteiger charge is 2.21. The van der Waals surface area contributed by atoms with Crippen molar-refractivity contribution in [1.29, 1.82) is 0 Å². The Hall–Kier alpha value is -0.120. The maximum absolute atomic E-state index is 5.54. The lowest BCUT2D eigenvalue weighted by molar-refractivity contribution is 0.120. The molecule has 1 saturated heterocycles. The van der Waals surface area contributed by atoms with Gasteiger partial charge in [0.15, 0.2) is 0 Å². The van der Waals surface area contributed by atoms with E-state index >= 15 is 0 Å². The number of nitrogens with zero attached hydrogens (tertiary/aromatic N) is 1. The zero-order chi connectivity index (χ0) is 11.1. The van der Waals surface area contributed by atoms with E-state index in [0.717, 1.165) is 45.2 Å². The summed E-state index contributed by atoms with van der Waals surface area (Å²) in [6.45, 7) is 13.2. The number of nitrogens with one attached hydrogen (secondary N) is 1. The molecule has 0 aromatic rings. The zero-order valence-electron chi connectivity index (χ0n) is 10.5. The Labute approximate surface area is 94.2 Å². The summed E-state index contributed by atoms with van der Waals surface area (Å²) in [7, 11) is 0. The number of hydrogen-bond acceptors (Lipinski definition) is 3. The minimum Gasteiger partial charge on any atom is -0.378 e. The van der Waals surface area contributed by atoms with E-state index in [1.165, 1.54) is 6.42 Å². The fraction of sp³-hybridized carbons (Fsp3) is 1.00. The Kier molecular flexibility index (Phi) is 6.22. The lowest BCUT2D eigenvalue weighted by Crippen LogP contribution is -2.34. The molecule has 3 nitrogen and oxygen atoms in total. The topological polar surface area (TPSA) is 24.5 Å². The van der Waals surface area contributed by atoms with Gasteiger partial charge in [0.2, 0.25) is 0 Å². The summed E-state index contributed by atoms with van der Waals surface area (Å²) in [5, 5.41) is 3.53. The van der Waals surface area contributed by atoms with Gasteiger partial charge in [-0.3, -0.25) is 0 Å². The number of hydrogen-bond donors (Lipinski definition) is 1. The predicted octanol–water partition coefficient (Wildman–Crippen LogP) is 1.34. The third-order valence-corrected chi connectivity index (χ3v) is 3.21. The van der Waals surface area contributed by atoms with Gasteiger partial charge in [0, 0.05) is 19.6 Å². The van der Waals surface area contributed by atoms with Crippen molar-refractivity contribution < 1.29 is 4.74 Å². The number of likely N-dealkylation sites (N-methyl/N-ethyl adjacent to an activating group) is 1. The van der Waals surface area contributed by atoms with Crippen molar-refractivity contribution in [2.45, 2.75) is 33.3 Å². The quantitative estimate of drug-likeness (QED) is 0.647. The van der Waals surface area contributed by atoms with Crippen LogP contribution in [-0.2, 0) is 4.74 Å². The van der Waals surface area contributed by atoms with Crippen molar-refractivity contribution in [3.05, 3.63) is 0 Å². The molecule has 0 bridgehead atoms. The summed E-state index contributed by atoms with van der Waals surface area (Å²) in [6, 6.07) is 0. The van der Waals surface area contributed by atoms with Gasteiger partial charge in [-0.2, -0.15) is 0 Å². The maximum Gasteiger partial charge on any atom is 0.0551 e. The third-order valence-electron chi connectivity index (χ3n) is 3.21. The number of rotatable bonds is 7. The molecule has 1 N–H and O–H groups in total. The van der Waals surface area contributed by atoms with Crippen LogP contribution in [0.3, 0.4) is 0 Å². The van der Waals surface area contributed by atoms with E-state index in [1.807, 2.05) is 0 Å². The van der Waals surface area contributed by atoms with Gasteiger partial charge in [-0.25, -0.2) is 0 Å². The van der Waals surface area contributed by atoms with Crippen LogP contribution in [0.15, 0.2) is 0 Å². The van der Waals surface area contributed by atoms with Gasteiger partial charge in [-0.15, -0.1) is 0 Å². The van der Waals surface area contributed by atoms with Crippen LogP contribution in [0.5, 0.6) is 0 Å². The van der Waals surface area contributed by atoms with Gasteiger partial charge < -0.3 is 15.0 Å². The van der Waals surface area contributed by atoms with Crippen molar-refractivity contribution in [3.8, 4) is 0 Å². The molecular formula is C12H26N2O. The lowest BCUT2D eigenvalue weighted by atomic mass is 10.1. The summed E-state index contributed by atoms with van der Waals surface area (Å²) in [5.41, 5.74) is 0. The SMILES string of the molecule is CCN(CC)CCNCC1COC(C)C1. The predicted molar refractivity (Wildman–Crippen MR) is 64.2 cm³/mol. The average molecular weight is 214 g/mol. The van der Waals surface area contributed by atoms with E-state index in [0.29, 0.717) is 6.10 Å². The monoisotopic (exact) mass is 214 g/mol. The second kappa shape index (κ2) is 7.20. The summed E-state index contributed by atoms with van der Waals surface area (Å²) in [5.74, 6) is 0.733. The van der Waals surface area contributed by atoms with E-state index in [-0.39, 0.29) is 0 Å². The smallest absolute Gasteiger partial charge is 0.0551 e. The van der Waals surface area contributed by atoms with E-state index in [4.69, 9.17) is 4.74 Å². The second-order valence-corrected chi connectivity index (χ2v) is 4.48. The van der Waals surface area contributed by atoms with Crippen LogP contribution in [0.1, 0.15) is 27.2 Å². The Morgan fingerprint density at radius 1 is 1.33 bits per heavy atom. The molecule has 1 rings (SSSR count). The highest BCUT2D eigenvalue weighted by atomic mass is 16.5. The molecule has 2 atom stereocenters. The Balaban J connectivity index is 1.97. The van der Waals surface area contributed by atoms with Crippen LogP contribution in [0.4, 0.5) is 0 Å². The minimum atomic E-state index is 0.472. The molecule has 0 aliphatic carbocycles. The zero-order valence-corrected chi connectivity index (χ0v) is 10.5. The second-order valence-electron chi connectivity index (χ2n) is 4.48. The molecule has 0 saturated carbocycles. The highest BCUT2D eigenvalue weighted by Crippen LogP contribution is 2.17. The fourth-order valence-electron chi connectivity index (χ4n) is 2.13. The van der Waals surface area contributed by atoms with Gasteiger partial charge >= 0.3 is 0 Å². The molecule has 3 heteroatoms. The first kappa shape index (κ1) is 12.9. The fourth-order valence-corrected chi connectivity index (χ4v) is 2.13. The van der Waals surface area contributed by atoms with Gasteiger partial charge in [0.1, 0.15) is 0 Å². The van der Waals surface area contributed by atoms with Crippen LogP contribution in [0, 0.1) is 5.92 Å². The molecule has 1 heterocycles. The van der Waals surface area contributed by atoms with E-state index in [2.05, 4.69) is 31.0 Å². The summed E-state index contributed by atoms with van der Waals surface area (Å²) < 4.78 is 5.54. The Bertz CT molecular complexity index is 160. The van der Waals surface area contributed by atoms with Gasteiger partial charge in [-0.05, 0) is 32.4 Å². The van der Waals surface area contributed by atoms with Gasteiger partial charge in [0.05, 0.1) is 12.7 Å².